The first-order chi connectivity index (χ1) is 12.0. The summed E-state index contributed by atoms with van der Waals surface area (Å²) in [5.41, 5.74) is 0. The molecule has 0 saturated carbocycles. The van der Waals surface area contributed by atoms with Crippen LogP contribution in [0, 0.1) is 0 Å². The van der Waals surface area contributed by atoms with Crippen molar-refractivity contribution in [2.24, 2.45) is 0 Å². The smallest absolute Gasteiger partial charge is 0.825 e. The standard InChI is InChI=1S/Cs.5FH3O3Si.FHO3Si.Li/c;6*1-5(2,3)4;/h;5*2-4H;2H;/q+1;;;;;;-2;+1. The molecule has 0 aliphatic carbocycles. The Kier molecular flexibility index (Phi) is 41.8. The first-order valence-corrected chi connectivity index (χ1v) is 15.4. The minimum atomic E-state index is -5.61. The van der Waals surface area contributed by atoms with Crippen molar-refractivity contribution in [2.45, 2.75) is 0 Å². The zero-order valence-electron chi connectivity index (χ0n) is 15.2. The van der Waals surface area contributed by atoms with Gasteiger partial charge in [-0.2, -0.15) is 0 Å². The van der Waals surface area contributed by atoms with Crippen molar-refractivity contribution in [3.05, 3.63) is 0 Å². The van der Waals surface area contributed by atoms with E-state index >= 15 is 0 Å². The van der Waals surface area contributed by atoms with E-state index in [1.54, 1.807) is 0 Å². The summed E-state index contributed by atoms with van der Waals surface area (Å²) in [6, 6.07) is 0. The Labute approximate surface area is 250 Å². The maximum Gasteiger partial charge on any atom is 1.00 e. The maximum atomic E-state index is 10.5. The van der Waals surface area contributed by atoms with Gasteiger partial charge in [-0.3, -0.25) is 0 Å². The number of hydrogen-bond acceptors (Lipinski definition) is 18. The van der Waals surface area contributed by atoms with Crippen LogP contribution in [0.2, 0.25) is 0 Å². The SMILES string of the molecule is O[Si](O)(O)F.O[Si](O)(O)F.O[Si](O)(O)F.O[Si](O)(O)F.O[Si](O)(O)F.[Cs+].[Li+].[O-][Si]([O-])(O)F. The molecule has 0 aromatic rings. The van der Waals surface area contributed by atoms with E-state index in [9.17, 15) is 24.6 Å². The van der Waals surface area contributed by atoms with Gasteiger partial charge in [-0.1, -0.05) is 0 Å². The first kappa shape index (κ1) is 55.4. The molecule has 0 amide bonds. The van der Waals surface area contributed by atoms with Gasteiger partial charge in [0.15, 0.2) is 0 Å². The fourth-order valence-corrected chi connectivity index (χ4v) is 0. The predicted molar refractivity (Wildman–Crippen MR) is 76.7 cm³/mol. The Hall–Kier alpha value is 2.81. The molecule has 0 unspecified atom stereocenters. The molecule has 0 atom stereocenters. The van der Waals surface area contributed by atoms with Gasteiger partial charge in [0.05, 0.1) is 0 Å². The molecule has 0 saturated heterocycles. The van der Waals surface area contributed by atoms with Crippen molar-refractivity contribution >= 4 is 54.8 Å². The third-order valence-corrected chi connectivity index (χ3v) is 0. The van der Waals surface area contributed by atoms with Gasteiger partial charge in [0.25, 0.3) is 0 Å². The Morgan fingerprint density at radius 1 is 0.344 bits per heavy atom. The molecule has 16 N–H and O–H groups in total. The van der Waals surface area contributed by atoms with E-state index in [0.29, 0.717) is 0 Å². The van der Waals surface area contributed by atoms with Gasteiger partial charge in [0.2, 0.25) is 9.14 Å². The van der Waals surface area contributed by atoms with Crippen LogP contribution in [0.1, 0.15) is 0 Å². The van der Waals surface area contributed by atoms with Crippen molar-refractivity contribution in [3.8, 4) is 0 Å². The minimum Gasteiger partial charge on any atom is -0.825 e. The van der Waals surface area contributed by atoms with Crippen molar-refractivity contribution < 1.29 is 199 Å². The largest absolute Gasteiger partial charge is 1.00 e. The predicted octanol–water partition coefficient (Wildman–Crippen LogP) is -17.0. The van der Waals surface area contributed by atoms with E-state index < -0.39 is 54.8 Å². The Morgan fingerprint density at radius 2 is 0.344 bits per heavy atom. The number of hydrogen-bond donors (Lipinski definition) is 16. The van der Waals surface area contributed by atoms with Crippen LogP contribution in [0.5, 0.6) is 0 Å². The molecule has 0 fully saturated rings. The van der Waals surface area contributed by atoms with Crippen LogP contribution in [0.15, 0.2) is 0 Å². The summed E-state index contributed by atoms with van der Waals surface area (Å²) >= 11 is 0. The molecular formula is H16CsF6LiO18Si6. The molecule has 0 heterocycles. The average molecular weight is 726 g/mol. The molecule has 32 heavy (non-hydrogen) atoms. The number of halogens is 6. The maximum absolute atomic E-state index is 10.5. The third kappa shape index (κ3) is 4200. The van der Waals surface area contributed by atoms with Crippen molar-refractivity contribution in [1.82, 2.24) is 0 Å². The Morgan fingerprint density at radius 3 is 0.344 bits per heavy atom. The molecule has 0 aromatic heterocycles. The van der Waals surface area contributed by atoms with Gasteiger partial charge in [-0.05, 0) is 0 Å². The summed E-state index contributed by atoms with van der Waals surface area (Å²) in [5.74, 6) is 0. The van der Waals surface area contributed by atoms with E-state index in [1.807, 2.05) is 0 Å². The fourth-order valence-electron chi connectivity index (χ4n) is 0. The van der Waals surface area contributed by atoms with Crippen LogP contribution in [-0.2, 0) is 0 Å². The van der Waals surface area contributed by atoms with Gasteiger partial charge in [0, 0.05) is 0 Å². The second-order valence-corrected chi connectivity index (χ2v) is 9.82. The molecule has 18 nitrogen and oxygen atoms in total. The van der Waals surface area contributed by atoms with Crippen molar-refractivity contribution in [2.75, 3.05) is 0 Å². The molecule has 0 radical (unpaired) electrons. The van der Waals surface area contributed by atoms with Gasteiger partial charge in [-0.15, -0.1) is 0 Å². The van der Waals surface area contributed by atoms with E-state index in [0.717, 1.165) is 0 Å². The van der Waals surface area contributed by atoms with E-state index in [4.69, 9.17) is 86.3 Å². The van der Waals surface area contributed by atoms with Crippen LogP contribution in [0.25, 0.3) is 0 Å². The third-order valence-electron chi connectivity index (χ3n) is 0. The second-order valence-electron chi connectivity index (χ2n) is 3.27. The fraction of sp³-hybridized carbons (Fsp3) is 0. The van der Waals surface area contributed by atoms with Gasteiger partial charge in [-0.25, -0.2) is 20.5 Å². The molecule has 32 heteroatoms. The molecule has 192 valence electrons. The second kappa shape index (κ2) is 24.2. The monoisotopic (exact) mass is 726 g/mol. The zero-order chi connectivity index (χ0) is 27.0. The normalized spacial score (nSPS) is 11.2. The zero-order valence-corrected chi connectivity index (χ0v) is 27.5. The quantitative estimate of drug-likeness (QED) is 0.0626. The topological polar surface area (TPSA) is 370 Å². The summed E-state index contributed by atoms with van der Waals surface area (Å²) in [6.07, 6.45) is 0. The van der Waals surface area contributed by atoms with Crippen molar-refractivity contribution in [3.63, 3.8) is 0 Å². The molecule has 0 rings (SSSR count). The van der Waals surface area contributed by atoms with Crippen LogP contribution in [-0.4, -0.2) is 132 Å². The molecule has 0 bridgehead atoms. The van der Waals surface area contributed by atoms with Gasteiger partial charge in [0.1, 0.15) is 0 Å². The number of rotatable bonds is 0. The van der Waals surface area contributed by atoms with E-state index in [-0.39, 0.29) is 87.8 Å². The van der Waals surface area contributed by atoms with Crippen LogP contribution < -0.4 is 97.3 Å². The summed E-state index contributed by atoms with van der Waals surface area (Å²) in [6.45, 7) is 0. The summed E-state index contributed by atoms with van der Waals surface area (Å²) < 4.78 is 62.7. The molecular weight excluding hydrogens is 710 g/mol. The Bertz CT molecular complexity index is 240. The first-order valence-electron chi connectivity index (χ1n) is 5.12. The summed E-state index contributed by atoms with van der Waals surface area (Å²) in [4.78, 5) is 131. The molecule has 0 spiro atoms. The van der Waals surface area contributed by atoms with Crippen LogP contribution in [0.3, 0.4) is 0 Å². The van der Waals surface area contributed by atoms with Gasteiger partial charge < -0.3 is 90.4 Å². The molecule has 0 aliphatic heterocycles. The molecule has 0 aromatic carbocycles. The van der Waals surface area contributed by atoms with Crippen LogP contribution in [0.4, 0.5) is 24.6 Å². The molecule has 0 aliphatic rings. The summed E-state index contributed by atoms with van der Waals surface area (Å²) in [7, 11) is -31.2. The Balaban J connectivity index is -0.0000000356. The minimum absolute atomic E-state index is 0. The van der Waals surface area contributed by atoms with E-state index in [2.05, 4.69) is 0 Å². The summed E-state index contributed by atoms with van der Waals surface area (Å²) in [5, 5.41) is 0. The van der Waals surface area contributed by atoms with Gasteiger partial charge >= 0.3 is 133 Å². The van der Waals surface area contributed by atoms with E-state index in [1.165, 1.54) is 0 Å². The van der Waals surface area contributed by atoms with Crippen molar-refractivity contribution in [1.29, 1.82) is 0 Å². The van der Waals surface area contributed by atoms with Crippen LogP contribution >= 0.6 is 0 Å². The average Bonchev–Trinajstić information content (AvgIpc) is 1.94.